The molecule has 0 spiro atoms. The van der Waals surface area contributed by atoms with Gasteiger partial charge < -0.3 is 9.80 Å². The number of carbonyl (C=O) groups excluding carboxylic acids is 2. The summed E-state index contributed by atoms with van der Waals surface area (Å²) in [6.45, 7) is 0.451. The summed E-state index contributed by atoms with van der Waals surface area (Å²) >= 11 is 1.43. The van der Waals surface area contributed by atoms with Gasteiger partial charge in [-0.2, -0.15) is 5.26 Å². The third-order valence-corrected chi connectivity index (χ3v) is 6.89. The van der Waals surface area contributed by atoms with Crippen LogP contribution in [0, 0.1) is 11.3 Å². The van der Waals surface area contributed by atoms with Crippen LogP contribution in [0.4, 0.5) is 0 Å². The Bertz CT molecular complexity index is 946. The first-order valence-corrected chi connectivity index (χ1v) is 11.7. The number of thioether (sulfide) groups is 1. The molecule has 5 nitrogen and oxygen atoms in total. The summed E-state index contributed by atoms with van der Waals surface area (Å²) in [5.74, 6) is 0.363. The Hall–Kier alpha value is -2.78. The molecule has 2 aromatic rings. The molecular formula is C25H29N3O2S. The number of amides is 2. The van der Waals surface area contributed by atoms with Crippen LogP contribution in [0.1, 0.15) is 53.6 Å². The number of rotatable bonds is 7. The molecule has 1 saturated carbocycles. The minimum Gasteiger partial charge on any atom is -0.342 e. The number of benzene rings is 2. The molecule has 3 rings (SSSR count). The summed E-state index contributed by atoms with van der Waals surface area (Å²) < 4.78 is 0. The zero-order valence-corrected chi connectivity index (χ0v) is 19.0. The van der Waals surface area contributed by atoms with E-state index in [2.05, 4.69) is 6.07 Å². The van der Waals surface area contributed by atoms with Gasteiger partial charge in [0.15, 0.2) is 0 Å². The zero-order valence-electron chi connectivity index (χ0n) is 18.2. The van der Waals surface area contributed by atoms with Gasteiger partial charge in [-0.1, -0.05) is 43.5 Å². The number of hydrogen-bond acceptors (Lipinski definition) is 4. The average Bonchev–Trinajstić information content (AvgIpc) is 2.82. The van der Waals surface area contributed by atoms with Crippen molar-refractivity contribution in [2.45, 2.75) is 49.6 Å². The van der Waals surface area contributed by atoms with E-state index in [4.69, 9.17) is 5.26 Å². The third kappa shape index (κ3) is 6.11. The summed E-state index contributed by atoms with van der Waals surface area (Å²) in [6.07, 6.45) is 5.82. The van der Waals surface area contributed by atoms with Crippen molar-refractivity contribution in [2.24, 2.45) is 0 Å². The molecule has 0 radical (unpaired) electrons. The highest BCUT2D eigenvalue weighted by Crippen LogP contribution is 2.26. The molecule has 0 atom stereocenters. The van der Waals surface area contributed by atoms with Crippen LogP contribution in [0.5, 0.6) is 0 Å². The normalized spacial score (nSPS) is 14.0. The maximum Gasteiger partial charge on any atom is 0.255 e. The van der Waals surface area contributed by atoms with Gasteiger partial charge in [0.1, 0.15) is 0 Å². The molecule has 1 aliphatic rings. The molecule has 0 N–H and O–H groups in total. The lowest BCUT2D eigenvalue weighted by atomic mass is 9.94. The molecule has 1 fully saturated rings. The maximum absolute atomic E-state index is 13.1. The number of carbonyl (C=O) groups is 2. The Labute approximate surface area is 189 Å². The van der Waals surface area contributed by atoms with E-state index in [0.29, 0.717) is 29.5 Å². The Morgan fingerprint density at radius 3 is 2.39 bits per heavy atom. The van der Waals surface area contributed by atoms with Crippen molar-refractivity contribution in [3.63, 3.8) is 0 Å². The fourth-order valence-corrected chi connectivity index (χ4v) is 4.89. The van der Waals surface area contributed by atoms with Crippen molar-refractivity contribution in [2.75, 3.05) is 19.8 Å². The topological polar surface area (TPSA) is 64.4 Å². The van der Waals surface area contributed by atoms with Gasteiger partial charge in [0, 0.05) is 31.6 Å². The van der Waals surface area contributed by atoms with E-state index in [-0.39, 0.29) is 11.8 Å². The second kappa shape index (κ2) is 11.0. The van der Waals surface area contributed by atoms with Gasteiger partial charge in [-0.05, 0) is 42.7 Å². The van der Waals surface area contributed by atoms with Crippen molar-refractivity contribution < 1.29 is 9.59 Å². The van der Waals surface area contributed by atoms with Crippen LogP contribution in [-0.2, 0) is 11.3 Å². The second-order valence-electron chi connectivity index (χ2n) is 8.05. The molecule has 2 aromatic carbocycles. The highest BCUT2D eigenvalue weighted by atomic mass is 32.2. The minimum atomic E-state index is -0.0828. The maximum atomic E-state index is 13.1. The quantitative estimate of drug-likeness (QED) is 0.591. The van der Waals surface area contributed by atoms with Crippen LogP contribution in [0.15, 0.2) is 53.4 Å². The molecule has 6 heteroatoms. The molecule has 0 unspecified atom stereocenters. The fourth-order valence-electron chi connectivity index (χ4n) is 3.92. The largest absolute Gasteiger partial charge is 0.342 e. The molecule has 0 saturated heterocycles. The van der Waals surface area contributed by atoms with Crippen molar-refractivity contribution in [1.82, 2.24) is 9.80 Å². The van der Waals surface area contributed by atoms with Crippen molar-refractivity contribution in [3.8, 4) is 6.07 Å². The third-order valence-electron chi connectivity index (χ3n) is 5.83. The predicted octanol–water partition coefficient (Wildman–Crippen LogP) is 4.71. The van der Waals surface area contributed by atoms with E-state index in [1.165, 1.54) is 31.0 Å². The van der Waals surface area contributed by atoms with Gasteiger partial charge in [0.2, 0.25) is 5.91 Å². The Morgan fingerprint density at radius 2 is 1.71 bits per heavy atom. The Kier molecular flexibility index (Phi) is 8.13. The minimum absolute atomic E-state index is 0.0828. The zero-order chi connectivity index (χ0) is 22.2. The van der Waals surface area contributed by atoms with Crippen LogP contribution >= 0.6 is 11.8 Å². The lowest BCUT2D eigenvalue weighted by Crippen LogP contribution is -2.39. The van der Waals surface area contributed by atoms with Crippen LogP contribution < -0.4 is 0 Å². The SMILES string of the molecule is CN(Cc1ccc(C#N)cc1)C(=O)c1ccccc1SCC(=O)N(C)C1CCCCC1. The second-order valence-corrected chi connectivity index (χ2v) is 9.07. The summed E-state index contributed by atoms with van der Waals surface area (Å²) in [5.41, 5.74) is 2.17. The van der Waals surface area contributed by atoms with Gasteiger partial charge in [-0.15, -0.1) is 11.8 Å². The first-order chi connectivity index (χ1) is 15.0. The van der Waals surface area contributed by atoms with Crippen LogP contribution in [-0.4, -0.2) is 47.5 Å². The van der Waals surface area contributed by atoms with Crippen LogP contribution in [0.2, 0.25) is 0 Å². The highest BCUT2D eigenvalue weighted by Gasteiger charge is 2.23. The Morgan fingerprint density at radius 1 is 1.03 bits per heavy atom. The molecule has 2 amide bonds. The lowest BCUT2D eigenvalue weighted by molar-refractivity contribution is -0.129. The average molecular weight is 436 g/mol. The summed E-state index contributed by atoms with van der Waals surface area (Å²) in [6, 6.07) is 17.2. The number of hydrogen-bond donors (Lipinski definition) is 0. The van der Waals surface area contributed by atoms with E-state index in [0.717, 1.165) is 23.3 Å². The standard InChI is InChI=1S/C25H29N3O2S/c1-27(17-20-14-12-19(16-26)13-15-20)25(30)22-10-6-7-11-23(22)31-18-24(29)28(2)21-8-4-3-5-9-21/h6-7,10-15,21H,3-5,8-9,17-18H2,1-2H3. The number of nitriles is 1. The van der Waals surface area contributed by atoms with Crippen molar-refractivity contribution >= 4 is 23.6 Å². The van der Waals surface area contributed by atoms with Crippen LogP contribution in [0.25, 0.3) is 0 Å². The molecule has 31 heavy (non-hydrogen) atoms. The van der Waals surface area contributed by atoms with E-state index in [1.54, 1.807) is 24.1 Å². The van der Waals surface area contributed by atoms with Crippen LogP contribution in [0.3, 0.4) is 0 Å². The Balaban J connectivity index is 1.62. The summed E-state index contributed by atoms with van der Waals surface area (Å²) in [5, 5.41) is 8.93. The van der Waals surface area contributed by atoms with E-state index < -0.39 is 0 Å². The highest BCUT2D eigenvalue weighted by molar-refractivity contribution is 8.00. The molecule has 0 bridgehead atoms. The summed E-state index contributed by atoms with van der Waals surface area (Å²) in [4.78, 5) is 30.2. The first kappa shape index (κ1) is 22.9. The van der Waals surface area contributed by atoms with E-state index in [9.17, 15) is 9.59 Å². The van der Waals surface area contributed by atoms with E-state index in [1.807, 2.05) is 48.3 Å². The molecule has 0 aliphatic heterocycles. The van der Waals surface area contributed by atoms with Gasteiger partial charge in [-0.3, -0.25) is 9.59 Å². The van der Waals surface area contributed by atoms with Gasteiger partial charge in [-0.25, -0.2) is 0 Å². The molecular weight excluding hydrogens is 406 g/mol. The van der Waals surface area contributed by atoms with Gasteiger partial charge in [0.05, 0.1) is 22.9 Å². The smallest absolute Gasteiger partial charge is 0.255 e. The fraction of sp³-hybridized carbons (Fsp3) is 0.400. The van der Waals surface area contributed by atoms with Crippen molar-refractivity contribution in [1.29, 1.82) is 5.26 Å². The number of nitrogens with zero attached hydrogens (tertiary/aromatic N) is 3. The van der Waals surface area contributed by atoms with Crippen molar-refractivity contribution in [3.05, 3.63) is 65.2 Å². The van der Waals surface area contributed by atoms with E-state index >= 15 is 0 Å². The molecule has 162 valence electrons. The summed E-state index contributed by atoms with van der Waals surface area (Å²) in [7, 11) is 3.67. The van der Waals surface area contributed by atoms with Gasteiger partial charge >= 0.3 is 0 Å². The predicted molar refractivity (Wildman–Crippen MR) is 124 cm³/mol. The van der Waals surface area contributed by atoms with Gasteiger partial charge in [0.25, 0.3) is 5.91 Å². The lowest BCUT2D eigenvalue weighted by Gasteiger charge is -2.31. The monoisotopic (exact) mass is 435 g/mol. The molecule has 0 aromatic heterocycles. The first-order valence-electron chi connectivity index (χ1n) is 10.7. The molecule has 0 heterocycles. The molecule has 1 aliphatic carbocycles.